The van der Waals surface area contributed by atoms with Gasteiger partial charge in [0, 0.05) is 18.8 Å². The Morgan fingerprint density at radius 2 is 1.57 bits per heavy atom. The molecule has 11 nitrogen and oxygen atoms in total. The molecule has 13 heteroatoms. The summed E-state index contributed by atoms with van der Waals surface area (Å²) in [6.07, 6.45) is 10.2. The third-order valence-electron chi connectivity index (χ3n) is 17.5. The molecule has 0 bridgehead atoms. The lowest BCUT2D eigenvalue weighted by Crippen LogP contribution is -2.58. The lowest BCUT2D eigenvalue weighted by molar-refractivity contribution is -0.238. The molecule has 70 heavy (non-hydrogen) atoms. The predicted octanol–water partition coefficient (Wildman–Crippen LogP) is 11.6. The third kappa shape index (κ3) is 14.2. The van der Waals surface area contributed by atoms with Crippen LogP contribution in [-0.4, -0.2) is 108 Å². The van der Waals surface area contributed by atoms with Crippen LogP contribution in [0, 0.1) is 35.5 Å². The highest BCUT2D eigenvalue weighted by Gasteiger charge is 2.50. The minimum Gasteiger partial charge on any atom is -0.469 e. The first-order valence-electron chi connectivity index (χ1n) is 26.8. The van der Waals surface area contributed by atoms with Gasteiger partial charge in [0.25, 0.3) is 0 Å². The number of esters is 1. The number of carbonyl (C=O) groups is 2. The van der Waals surface area contributed by atoms with Gasteiger partial charge < -0.3 is 32.8 Å². The fourth-order valence-electron chi connectivity index (χ4n) is 11.3. The number of fused-ring (bicyclic) bond motifs is 1. The summed E-state index contributed by atoms with van der Waals surface area (Å²) >= 11 is 0. The molecule has 5 saturated heterocycles. The van der Waals surface area contributed by atoms with E-state index in [1.165, 1.54) is 7.11 Å². The maximum absolute atomic E-state index is 13.8. The van der Waals surface area contributed by atoms with Crippen LogP contribution in [0.15, 0.2) is 71.7 Å². The lowest BCUT2D eigenvalue weighted by atomic mass is 9.77. The number of allylic oxidation sites excluding steroid dienone is 1. The van der Waals surface area contributed by atoms with Crippen LogP contribution in [0.25, 0.3) is 0 Å². The van der Waals surface area contributed by atoms with Crippen molar-refractivity contribution in [2.24, 2.45) is 35.5 Å². The smallest absolute Gasteiger partial charge is 0.308 e. The number of sulfone groups is 1. The number of rotatable bonds is 21. The number of benzene rings is 1. The van der Waals surface area contributed by atoms with E-state index in [2.05, 4.69) is 88.6 Å². The van der Waals surface area contributed by atoms with Crippen molar-refractivity contribution in [3.63, 3.8) is 0 Å². The fraction of sp³-hybridized carbons (Fsp3) is 0.754. The fourth-order valence-corrected chi connectivity index (χ4v) is 14.4. The second-order valence-electron chi connectivity index (χ2n) is 23.6. The summed E-state index contributed by atoms with van der Waals surface area (Å²) in [6.45, 7) is 33.3. The second kappa shape index (κ2) is 24.2. The molecule has 0 aliphatic carbocycles. The number of ether oxygens (including phenoxy) is 6. The van der Waals surface area contributed by atoms with E-state index in [-0.39, 0.29) is 120 Å². The van der Waals surface area contributed by atoms with E-state index in [0.717, 1.165) is 62.5 Å². The van der Waals surface area contributed by atoms with Crippen molar-refractivity contribution in [3.05, 3.63) is 66.8 Å². The van der Waals surface area contributed by atoms with Crippen LogP contribution in [0.4, 0.5) is 0 Å². The van der Waals surface area contributed by atoms with E-state index < -0.39 is 24.3 Å². The molecule has 0 radical (unpaired) electrons. The van der Waals surface area contributed by atoms with Crippen molar-refractivity contribution in [2.75, 3.05) is 12.9 Å². The molecule has 5 fully saturated rings. The molecule has 1 aromatic carbocycles. The summed E-state index contributed by atoms with van der Waals surface area (Å²) in [4.78, 5) is 26.1. The molecule has 5 heterocycles. The lowest BCUT2D eigenvalue weighted by Gasteiger charge is -2.51. The van der Waals surface area contributed by atoms with Crippen molar-refractivity contribution in [1.82, 2.24) is 0 Å². The van der Waals surface area contributed by atoms with Gasteiger partial charge in [0.2, 0.25) is 0 Å². The largest absolute Gasteiger partial charge is 0.469 e. The normalized spacial score (nSPS) is 35.2. The number of hydrogen-bond donors (Lipinski definition) is 0. The van der Waals surface area contributed by atoms with Crippen LogP contribution in [0.3, 0.4) is 0 Å². The molecule has 0 amide bonds. The predicted molar refractivity (Wildman–Crippen MR) is 279 cm³/mol. The standard InChI is InChI=1S/C57H90O11SSi/c1-15-35(2)29-51-41(8)47(34-69(60,61)46-19-17-16-18-20-46)53(66-51)33-52-38(5)36(3)30-44(64-52)24-27-48-37(4)31-43(63-48)23-21-42(58)22-26-50(68-70(13,14)57(9,10)11)56-40(7)39(6)55-49(67-56)28-25-45(65-55)32-54(59)62-12/h16-20,22,26,35-36,39-41,43-45,47-53,55-56H,4-5,15,21,23-25,27-34H2,1-3,6-14H3/b26-22+/t35-,36-,39-,40+,41-,43+,44?,45?,47-,48?,49?,50+,51-,52-,53?,55?,56-/m1/s1. The van der Waals surface area contributed by atoms with Crippen LogP contribution in [-0.2, 0) is 52.3 Å². The van der Waals surface area contributed by atoms with Crippen molar-refractivity contribution in [1.29, 1.82) is 0 Å². The first-order chi connectivity index (χ1) is 32.9. The zero-order valence-corrected chi connectivity index (χ0v) is 46.7. The van der Waals surface area contributed by atoms with Gasteiger partial charge >= 0.3 is 5.97 Å². The zero-order chi connectivity index (χ0) is 51.3. The van der Waals surface area contributed by atoms with Crippen LogP contribution in [0.5, 0.6) is 0 Å². The van der Waals surface area contributed by atoms with Crippen LogP contribution < -0.4 is 0 Å². The summed E-state index contributed by atoms with van der Waals surface area (Å²) in [5.41, 5.74) is 2.11. The van der Waals surface area contributed by atoms with Crippen molar-refractivity contribution < 1.29 is 50.9 Å². The second-order valence-corrected chi connectivity index (χ2v) is 30.4. The Morgan fingerprint density at radius 1 is 0.871 bits per heavy atom. The molecule has 5 aliphatic heterocycles. The quantitative estimate of drug-likeness (QED) is 0.0504. The van der Waals surface area contributed by atoms with Gasteiger partial charge in [-0.1, -0.05) is 106 Å². The number of methoxy groups -OCH3 is 1. The molecule has 0 N–H and O–H groups in total. The minimum absolute atomic E-state index is 0.00532. The van der Waals surface area contributed by atoms with Gasteiger partial charge in [-0.2, -0.15) is 0 Å². The van der Waals surface area contributed by atoms with Gasteiger partial charge in [0.15, 0.2) is 23.9 Å². The molecule has 0 saturated carbocycles. The Balaban J connectivity index is 1.03. The first kappa shape index (κ1) is 56.8. The van der Waals surface area contributed by atoms with Crippen LogP contribution in [0.2, 0.25) is 18.1 Å². The molecule has 0 spiro atoms. The molecule has 5 aliphatic rings. The van der Waals surface area contributed by atoms with Crippen LogP contribution in [0.1, 0.15) is 139 Å². The van der Waals surface area contributed by atoms with E-state index in [4.69, 9.17) is 32.8 Å². The molecule has 1 aromatic rings. The SMILES string of the molecule is C=C1C[C@H](CCC(=O)/C=C/[C@H](O[Si](C)(C)C(C)(C)C)[C@@H]2OC3CCC(CC(=O)OC)OC3[C@H](C)[C@@H]2C)OC1CCC1C[C@@H](C)C(=C)[C@@H](CC2O[C@H](C[C@H](C)CC)[C@H](C)[C@H]2CS(=O)(=O)c2ccccc2)O1. The topological polar surface area (TPSA) is 133 Å². The Kier molecular flexibility index (Phi) is 19.7. The van der Waals surface area contributed by atoms with Gasteiger partial charge in [-0.25, -0.2) is 8.42 Å². The first-order valence-corrected chi connectivity index (χ1v) is 31.3. The minimum atomic E-state index is -3.52. The maximum atomic E-state index is 13.8. The molecule has 17 atom stereocenters. The Labute approximate surface area is 423 Å². The summed E-state index contributed by atoms with van der Waals surface area (Å²) in [6, 6.07) is 8.78. The Bertz CT molecular complexity index is 2060. The summed E-state index contributed by atoms with van der Waals surface area (Å²) in [5.74, 6) is 0.704. The van der Waals surface area contributed by atoms with E-state index in [9.17, 15) is 18.0 Å². The number of ketones is 1. The number of hydrogen-bond acceptors (Lipinski definition) is 11. The summed E-state index contributed by atoms with van der Waals surface area (Å²) in [7, 11) is -4.39. The number of carbonyl (C=O) groups excluding carboxylic acids is 2. The molecule has 6 rings (SSSR count). The van der Waals surface area contributed by atoms with Gasteiger partial charge in [-0.05, 0) is 128 Å². The Hall–Kier alpha value is -2.49. The Morgan fingerprint density at radius 3 is 2.24 bits per heavy atom. The molecule has 0 aromatic heterocycles. The maximum Gasteiger partial charge on any atom is 0.308 e. The highest BCUT2D eigenvalue weighted by atomic mass is 32.2. The van der Waals surface area contributed by atoms with Gasteiger partial charge in [-0.15, -0.1) is 0 Å². The van der Waals surface area contributed by atoms with Crippen molar-refractivity contribution >= 4 is 29.9 Å². The average Bonchev–Trinajstić information content (AvgIpc) is 3.81. The third-order valence-corrected chi connectivity index (χ3v) is 23.8. The molecular weight excluding hydrogens is 921 g/mol. The van der Waals surface area contributed by atoms with E-state index in [1.54, 1.807) is 30.3 Å². The molecule has 394 valence electrons. The van der Waals surface area contributed by atoms with Crippen LogP contribution >= 0.6 is 0 Å². The van der Waals surface area contributed by atoms with E-state index >= 15 is 0 Å². The summed E-state index contributed by atoms with van der Waals surface area (Å²) < 4.78 is 73.1. The van der Waals surface area contributed by atoms with Crippen molar-refractivity contribution in [3.8, 4) is 0 Å². The summed E-state index contributed by atoms with van der Waals surface area (Å²) in [5, 5.41) is -0.0414. The monoisotopic (exact) mass is 1010 g/mol. The highest BCUT2D eigenvalue weighted by Crippen LogP contribution is 2.45. The van der Waals surface area contributed by atoms with Crippen molar-refractivity contribution in [2.45, 2.75) is 230 Å². The highest BCUT2D eigenvalue weighted by molar-refractivity contribution is 7.91. The van der Waals surface area contributed by atoms with Gasteiger partial charge in [-0.3, -0.25) is 9.59 Å². The molecular formula is C57H90O11SSi. The average molecular weight is 1010 g/mol. The zero-order valence-electron chi connectivity index (χ0n) is 44.9. The van der Waals surface area contributed by atoms with E-state index in [0.29, 0.717) is 30.1 Å². The molecule has 6 unspecified atom stereocenters. The van der Waals surface area contributed by atoms with Gasteiger partial charge in [0.1, 0.15) is 0 Å². The van der Waals surface area contributed by atoms with E-state index in [1.807, 2.05) is 12.1 Å². The van der Waals surface area contributed by atoms with Gasteiger partial charge in [0.05, 0.1) is 91.3 Å².